The maximum atomic E-state index is 12.3. The molecule has 0 bridgehead atoms. The number of hydrazine groups is 1. The molecule has 116 valence electrons. The van der Waals surface area contributed by atoms with Gasteiger partial charge < -0.3 is 10.2 Å². The van der Waals surface area contributed by atoms with Gasteiger partial charge in [-0.2, -0.15) is 0 Å². The van der Waals surface area contributed by atoms with Crippen LogP contribution < -0.4 is 16.0 Å². The highest BCUT2D eigenvalue weighted by molar-refractivity contribution is 7.89. The van der Waals surface area contributed by atoms with E-state index < -0.39 is 20.6 Å². The number of ether oxygens (including phenoxy) is 1. The van der Waals surface area contributed by atoms with Crippen LogP contribution in [0.4, 0.5) is 11.4 Å². The van der Waals surface area contributed by atoms with Gasteiger partial charge >= 0.3 is 0 Å². The van der Waals surface area contributed by atoms with Crippen LogP contribution in [0.3, 0.4) is 0 Å². The summed E-state index contributed by atoms with van der Waals surface area (Å²) in [6.45, 7) is 2.24. The Morgan fingerprint density at radius 1 is 1.48 bits per heavy atom. The summed E-state index contributed by atoms with van der Waals surface area (Å²) in [6, 6.07) is 3.13. The van der Waals surface area contributed by atoms with Crippen molar-refractivity contribution >= 4 is 21.4 Å². The second kappa shape index (κ2) is 5.93. The maximum Gasteiger partial charge on any atom is 0.294 e. The molecule has 4 N–H and O–H groups in total. The Labute approximate surface area is 121 Å². The minimum absolute atomic E-state index is 0.0384. The molecule has 1 aromatic carbocycles. The molecule has 0 spiro atoms. The number of hydrogen-bond donors (Lipinski definition) is 3. The second-order valence-corrected chi connectivity index (χ2v) is 6.39. The van der Waals surface area contributed by atoms with Crippen LogP contribution in [-0.4, -0.2) is 32.1 Å². The standard InChI is InChI=1S/C11H16N4O5S/c1-7-9(4-5-20-7)14-21(18,19)8-2-3-10(13-12)11(6-8)15(16)17/h2-3,6-7,9,13-14H,4-5,12H2,1H3. The van der Waals surface area contributed by atoms with Crippen molar-refractivity contribution in [1.29, 1.82) is 0 Å². The highest BCUT2D eigenvalue weighted by Crippen LogP contribution is 2.27. The van der Waals surface area contributed by atoms with Gasteiger partial charge in [0.1, 0.15) is 5.69 Å². The van der Waals surface area contributed by atoms with E-state index in [4.69, 9.17) is 10.6 Å². The number of nitrogens with zero attached hydrogens (tertiary/aromatic N) is 1. The maximum absolute atomic E-state index is 12.3. The molecule has 10 heteroatoms. The van der Waals surface area contributed by atoms with Crippen molar-refractivity contribution in [3.05, 3.63) is 28.3 Å². The Morgan fingerprint density at radius 3 is 2.71 bits per heavy atom. The normalized spacial score (nSPS) is 22.2. The molecule has 1 aliphatic heterocycles. The molecule has 0 aromatic heterocycles. The van der Waals surface area contributed by atoms with Crippen LogP contribution in [0.15, 0.2) is 23.1 Å². The highest BCUT2D eigenvalue weighted by atomic mass is 32.2. The molecule has 0 amide bonds. The molecule has 1 aromatic rings. The predicted molar refractivity (Wildman–Crippen MR) is 75.0 cm³/mol. The minimum atomic E-state index is -3.86. The summed E-state index contributed by atoms with van der Waals surface area (Å²) < 4.78 is 32.3. The zero-order valence-electron chi connectivity index (χ0n) is 11.3. The molecule has 1 aliphatic rings. The molecule has 1 heterocycles. The SMILES string of the molecule is CC1OCCC1NS(=O)(=O)c1ccc(NN)c([N+](=O)[O-])c1. The van der Waals surface area contributed by atoms with Crippen molar-refractivity contribution in [2.24, 2.45) is 5.84 Å². The molecular weight excluding hydrogens is 300 g/mol. The van der Waals surface area contributed by atoms with Crippen LogP contribution in [0, 0.1) is 10.1 Å². The molecule has 1 saturated heterocycles. The van der Waals surface area contributed by atoms with E-state index in [0.29, 0.717) is 13.0 Å². The van der Waals surface area contributed by atoms with Gasteiger partial charge in [0.2, 0.25) is 10.0 Å². The average molecular weight is 316 g/mol. The van der Waals surface area contributed by atoms with Gasteiger partial charge in [0, 0.05) is 12.7 Å². The molecule has 21 heavy (non-hydrogen) atoms. The number of hydrogen-bond acceptors (Lipinski definition) is 7. The number of nitrogens with two attached hydrogens (primary N) is 1. The summed E-state index contributed by atoms with van der Waals surface area (Å²) in [5.74, 6) is 5.16. The van der Waals surface area contributed by atoms with Crippen LogP contribution in [-0.2, 0) is 14.8 Å². The van der Waals surface area contributed by atoms with Crippen LogP contribution >= 0.6 is 0 Å². The Kier molecular flexibility index (Phi) is 4.42. The molecule has 0 saturated carbocycles. The molecule has 2 unspecified atom stereocenters. The Bertz CT molecular complexity index is 648. The van der Waals surface area contributed by atoms with Crippen LogP contribution in [0.2, 0.25) is 0 Å². The lowest BCUT2D eigenvalue weighted by molar-refractivity contribution is -0.384. The zero-order chi connectivity index (χ0) is 15.6. The van der Waals surface area contributed by atoms with Gasteiger partial charge in [0.05, 0.1) is 22.0 Å². The summed E-state index contributed by atoms with van der Waals surface area (Å²) in [6.07, 6.45) is 0.324. The lowest BCUT2D eigenvalue weighted by Gasteiger charge is -2.16. The number of nitro benzene ring substituents is 1. The number of rotatable bonds is 5. The van der Waals surface area contributed by atoms with Gasteiger partial charge in [-0.25, -0.2) is 13.1 Å². The lowest BCUT2D eigenvalue weighted by Crippen LogP contribution is -2.39. The number of sulfonamides is 1. The quantitative estimate of drug-likeness (QED) is 0.404. The number of benzene rings is 1. The van der Waals surface area contributed by atoms with Crippen LogP contribution in [0.5, 0.6) is 0 Å². The van der Waals surface area contributed by atoms with Crippen molar-refractivity contribution in [3.8, 4) is 0 Å². The van der Waals surface area contributed by atoms with Crippen molar-refractivity contribution in [2.75, 3.05) is 12.0 Å². The third kappa shape index (κ3) is 3.29. The molecule has 0 aliphatic carbocycles. The van der Waals surface area contributed by atoms with Crippen molar-refractivity contribution in [1.82, 2.24) is 4.72 Å². The smallest absolute Gasteiger partial charge is 0.294 e. The summed E-state index contributed by atoms with van der Waals surface area (Å²) in [5.41, 5.74) is 1.79. The fraction of sp³-hybridized carbons (Fsp3) is 0.455. The minimum Gasteiger partial charge on any atom is -0.377 e. The fourth-order valence-electron chi connectivity index (χ4n) is 2.11. The molecule has 9 nitrogen and oxygen atoms in total. The van der Waals surface area contributed by atoms with Crippen molar-refractivity contribution < 1.29 is 18.1 Å². The topological polar surface area (TPSA) is 137 Å². The van der Waals surface area contributed by atoms with Gasteiger partial charge in [0.15, 0.2) is 0 Å². The third-order valence-corrected chi connectivity index (χ3v) is 4.80. The first-order chi connectivity index (χ1) is 9.85. The molecule has 1 fully saturated rings. The van der Waals surface area contributed by atoms with E-state index in [0.717, 1.165) is 6.07 Å². The molecule has 0 radical (unpaired) electrons. The van der Waals surface area contributed by atoms with E-state index in [1.54, 1.807) is 6.92 Å². The molecule has 2 rings (SSSR count). The van der Waals surface area contributed by atoms with Gasteiger partial charge in [-0.3, -0.25) is 16.0 Å². The van der Waals surface area contributed by atoms with Gasteiger partial charge in [-0.1, -0.05) is 0 Å². The van der Waals surface area contributed by atoms with E-state index in [2.05, 4.69) is 10.1 Å². The predicted octanol–water partition coefficient (Wildman–Crippen LogP) is 0.336. The van der Waals surface area contributed by atoms with Gasteiger partial charge in [-0.05, 0) is 25.5 Å². The number of nitro groups is 1. The largest absolute Gasteiger partial charge is 0.377 e. The number of nitrogen functional groups attached to an aromatic ring is 1. The van der Waals surface area contributed by atoms with E-state index in [1.807, 2.05) is 0 Å². The van der Waals surface area contributed by atoms with Crippen molar-refractivity contribution in [3.63, 3.8) is 0 Å². The first-order valence-corrected chi connectivity index (χ1v) is 7.72. The second-order valence-electron chi connectivity index (χ2n) is 4.67. The molecular formula is C11H16N4O5S. The Hall–Kier alpha value is -1.75. The van der Waals surface area contributed by atoms with E-state index in [-0.39, 0.29) is 22.7 Å². The summed E-state index contributed by atoms with van der Waals surface area (Å²) in [4.78, 5) is 10.0. The van der Waals surface area contributed by atoms with Crippen LogP contribution in [0.1, 0.15) is 13.3 Å². The van der Waals surface area contributed by atoms with E-state index in [1.165, 1.54) is 12.1 Å². The van der Waals surface area contributed by atoms with Gasteiger partial charge in [-0.15, -0.1) is 0 Å². The summed E-state index contributed by atoms with van der Waals surface area (Å²) >= 11 is 0. The lowest BCUT2D eigenvalue weighted by atomic mass is 10.2. The Morgan fingerprint density at radius 2 is 2.19 bits per heavy atom. The summed E-state index contributed by atoms with van der Waals surface area (Å²) in [5, 5.41) is 10.9. The first kappa shape index (κ1) is 15.6. The average Bonchev–Trinajstić information content (AvgIpc) is 2.82. The fourth-order valence-corrected chi connectivity index (χ4v) is 3.46. The van der Waals surface area contributed by atoms with Crippen LogP contribution in [0.25, 0.3) is 0 Å². The van der Waals surface area contributed by atoms with Crippen molar-refractivity contribution in [2.45, 2.75) is 30.4 Å². The highest BCUT2D eigenvalue weighted by Gasteiger charge is 2.30. The van der Waals surface area contributed by atoms with E-state index >= 15 is 0 Å². The number of nitrogens with one attached hydrogen (secondary N) is 2. The molecule has 2 atom stereocenters. The number of anilines is 1. The summed E-state index contributed by atoms with van der Waals surface area (Å²) in [7, 11) is -3.86. The Balaban J connectivity index is 2.31. The third-order valence-electron chi connectivity index (χ3n) is 3.31. The monoisotopic (exact) mass is 316 g/mol. The van der Waals surface area contributed by atoms with Gasteiger partial charge in [0.25, 0.3) is 5.69 Å². The first-order valence-electron chi connectivity index (χ1n) is 6.24. The van der Waals surface area contributed by atoms with E-state index in [9.17, 15) is 18.5 Å². The zero-order valence-corrected chi connectivity index (χ0v) is 12.1.